The van der Waals surface area contributed by atoms with Crippen LogP contribution in [0.1, 0.15) is 18.4 Å². The number of nitrogens with two attached hydrogens (primary N) is 1. The second kappa shape index (κ2) is 5.19. The van der Waals surface area contributed by atoms with Gasteiger partial charge >= 0.3 is 6.03 Å². The van der Waals surface area contributed by atoms with Crippen LogP contribution >= 0.6 is 0 Å². The van der Waals surface area contributed by atoms with Crippen LogP contribution in [0.4, 0.5) is 10.5 Å². The molecule has 17 heavy (non-hydrogen) atoms. The predicted molar refractivity (Wildman–Crippen MR) is 69.0 cm³/mol. The summed E-state index contributed by atoms with van der Waals surface area (Å²) in [6.07, 6.45) is 2.00. The molecule has 0 radical (unpaired) electrons. The molecule has 1 aliphatic heterocycles. The lowest BCUT2D eigenvalue weighted by molar-refractivity contribution is 0.193. The van der Waals surface area contributed by atoms with Gasteiger partial charge in [0, 0.05) is 24.8 Å². The molecule has 0 aliphatic carbocycles. The molecule has 0 saturated carbocycles. The summed E-state index contributed by atoms with van der Waals surface area (Å²) in [5.41, 5.74) is 7.84. The average Bonchev–Trinajstić information content (AvgIpc) is 2.29. The molecule has 4 nitrogen and oxygen atoms in total. The minimum absolute atomic E-state index is 0.0502. The minimum Gasteiger partial charge on any atom is -0.326 e. The van der Waals surface area contributed by atoms with Gasteiger partial charge in [-0.3, -0.25) is 0 Å². The molecule has 4 heteroatoms. The van der Waals surface area contributed by atoms with Gasteiger partial charge in [-0.1, -0.05) is 12.1 Å². The molecule has 0 aromatic heterocycles. The van der Waals surface area contributed by atoms with E-state index in [0.29, 0.717) is 6.54 Å². The monoisotopic (exact) mass is 233 g/mol. The molecule has 1 aliphatic rings. The van der Waals surface area contributed by atoms with Crippen molar-refractivity contribution in [3.63, 3.8) is 0 Å². The van der Waals surface area contributed by atoms with Gasteiger partial charge in [-0.05, 0) is 37.5 Å². The van der Waals surface area contributed by atoms with E-state index in [2.05, 4.69) is 5.32 Å². The number of hydrogen-bond acceptors (Lipinski definition) is 2. The van der Waals surface area contributed by atoms with E-state index < -0.39 is 0 Å². The van der Waals surface area contributed by atoms with E-state index in [1.165, 1.54) is 0 Å². The van der Waals surface area contributed by atoms with Crippen molar-refractivity contribution in [1.29, 1.82) is 0 Å². The van der Waals surface area contributed by atoms with Crippen molar-refractivity contribution < 1.29 is 4.79 Å². The Bertz CT molecular complexity index is 405. The Labute approximate surface area is 102 Å². The van der Waals surface area contributed by atoms with Gasteiger partial charge in [-0.15, -0.1) is 0 Å². The molecule has 2 rings (SSSR count). The Morgan fingerprint density at radius 1 is 1.53 bits per heavy atom. The fourth-order valence-electron chi connectivity index (χ4n) is 2.12. The summed E-state index contributed by atoms with van der Waals surface area (Å²) in [6.45, 7) is 3.45. The number of nitrogens with one attached hydrogen (secondary N) is 1. The van der Waals surface area contributed by atoms with Crippen LogP contribution in [-0.2, 0) is 0 Å². The summed E-state index contributed by atoms with van der Waals surface area (Å²) < 4.78 is 0. The van der Waals surface area contributed by atoms with Crippen LogP contribution in [0.2, 0.25) is 0 Å². The van der Waals surface area contributed by atoms with Crippen molar-refractivity contribution in [3.05, 3.63) is 29.8 Å². The molecule has 0 bridgehead atoms. The number of nitrogens with zero attached hydrogens (tertiary/aromatic N) is 1. The van der Waals surface area contributed by atoms with Crippen molar-refractivity contribution in [2.75, 3.05) is 18.4 Å². The topological polar surface area (TPSA) is 58.4 Å². The van der Waals surface area contributed by atoms with Crippen molar-refractivity contribution in [3.8, 4) is 0 Å². The van der Waals surface area contributed by atoms with E-state index >= 15 is 0 Å². The number of anilines is 1. The van der Waals surface area contributed by atoms with Gasteiger partial charge in [0.05, 0.1) is 0 Å². The lowest BCUT2D eigenvalue weighted by Crippen LogP contribution is -2.47. The molecule has 1 saturated heterocycles. The number of aryl methyl sites for hydroxylation is 1. The molecule has 2 amide bonds. The number of amides is 2. The van der Waals surface area contributed by atoms with Crippen molar-refractivity contribution in [1.82, 2.24) is 4.90 Å². The molecule has 92 valence electrons. The fourth-order valence-corrected chi connectivity index (χ4v) is 2.12. The van der Waals surface area contributed by atoms with Crippen LogP contribution in [-0.4, -0.2) is 30.1 Å². The van der Waals surface area contributed by atoms with Crippen molar-refractivity contribution in [2.24, 2.45) is 5.73 Å². The number of carbonyl (C=O) groups excluding carboxylic acids is 1. The van der Waals surface area contributed by atoms with Gasteiger partial charge in [-0.2, -0.15) is 0 Å². The Balaban J connectivity index is 1.96. The van der Waals surface area contributed by atoms with Crippen LogP contribution in [0.5, 0.6) is 0 Å². The number of carbonyl (C=O) groups is 1. The normalized spacial score (nSPS) is 20.1. The summed E-state index contributed by atoms with van der Waals surface area (Å²) in [5.74, 6) is 0. The average molecular weight is 233 g/mol. The summed E-state index contributed by atoms with van der Waals surface area (Å²) in [5, 5.41) is 2.90. The van der Waals surface area contributed by atoms with E-state index in [9.17, 15) is 4.79 Å². The van der Waals surface area contributed by atoms with Crippen LogP contribution in [0, 0.1) is 6.92 Å². The maximum atomic E-state index is 12.0. The Morgan fingerprint density at radius 3 is 3.06 bits per heavy atom. The van der Waals surface area contributed by atoms with E-state index in [0.717, 1.165) is 30.6 Å². The maximum absolute atomic E-state index is 12.0. The third kappa shape index (κ3) is 3.20. The lowest BCUT2D eigenvalue weighted by atomic mass is 10.1. The lowest BCUT2D eigenvalue weighted by Gasteiger charge is -2.30. The number of urea groups is 1. The first-order valence-corrected chi connectivity index (χ1v) is 6.03. The summed E-state index contributed by atoms with van der Waals surface area (Å²) in [4.78, 5) is 13.8. The molecular formula is C13H19N3O. The molecule has 1 atom stereocenters. The highest BCUT2D eigenvalue weighted by atomic mass is 16.2. The highest BCUT2D eigenvalue weighted by Crippen LogP contribution is 2.13. The van der Waals surface area contributed by atoms with Gasteiger partial charge in [-0.25, -0.2) is 4.79 Å². The Morgan fingerprint density at radius 2 is 2.35 bits per heavy atom. The van der Waals surface area contributed by atoms with Gasteiger partial charge < -0.3 is 16.0 Å². The van der Waals surface area contributed by atoms with E-state index in [-0.39, 0.29) is 12.1 Å². The zero-order valence-corrected chi connectivity index (χ0v) is 10.1. The number of likely N-dealkylation sites (tertiary alicyclic amines) is 1. The SMILES string of the molecule is Cc1cccc(NC(=O)N2CCC[C@@H](N)C2)c1. The molecule has 1 aromatic rings. The highest BCUT2D eigenvalue weighted by molar-refractivity contribution is 5.89. The number of hydrogen-bond donors (Lipinski definition) is 2. The largest absolute Gasteiger partial charge is 0.326 e. The minimum atomic E-state index is -0.0502. The summed E-state index contributed by atoms with van der Waals surface area (Å²) >= 11 is 0. The summed E-state index contributed by atoms with van der Waals surface area (Å²) in [6, 6.07) is 7.87. The number of rotatable bonds is 1. The second-order valence-corrected chi connectivity index (χ2v) is 4.65. The quantitative estimate of drug-likeness (QED) is 0.779. The first-order valence-electron chi connectivity index (χ1n) is 6.03. The maximum Gasteiger partial charge on any atom is 0.321 e. The molecule has 1 fully saturated rings. The predicted octanol–water partition coefficient (Wildman–Crippen LogP) is 1.95. The fraction of sp³-hybridized carbons (Fsp3) is 0.462. The highest BCUT2D eigenvalue weighted by Gasteiger charge is 2.20. The first-order chi connectivity index (χ1) is 8.15. The van der Waals surface area contributed by atoms with Crippen LogP contribution in [0.15, 0.2) is 24.3 Å². The second-order valence-electron chi connectivity index (χ2n) is 4.65. The van der Waals surface area contributed by atoms with Crippen LogP contribution in [0.25, 0.3) is 0 Å². The van der Waals surface area contributed by atoms with Crippen LogP contribution in [0.3, 0.4) is 0 Å². The molecule has 0 unspecified atom stereocenters. The van der Waals surface area contributed by atoms with E-state index in [4.69, 9.17) is 5.73 Å². The molecule has 1 aromatic carbocycles. The smallest absolute Gasteiger partial charge is 0.321 e. The van der Waals surface area contributed by atoms with Crippen LogP contribution < -0.4 is 11.1 Å². The molecule has 0 spiro atoms. The van der Waals surface area contributed by atoms with E-state index in [1.807, 2.05) is 31.2 Å². The van der Waals surface area contributed by atoms with Crippen molar-refractivity contribution in [2.45, 2.75) is 25.8 Å². The standard InChI is InChI=1S/C13H19N3O/c1-10-4-2-6-12(8-10)15-13(17)16-7-3-5-11(14)9-16/h2,4,6,8,11H,3,5,7,9,14H2,1H3,(H,15,17)/t11-/m1/s1. The van der Waals surface area contributed by atoms with Crippen molar-refractivity contribution >= 4 is 11.7 Å². The molecule has 3 N–H and O–H groups in total. The van der Waals surface area contributed by atoms with E-state index in [1.54, 1.807) is 4.90 Å². The summed E-state index contributed by atoms with van der Waals surface area (Å²) in [7, 11) is 0. The van der Waals surface area contributed by atoms with Gasteiger partial charge in [0.25, 0.3) is 0 Å². The van der Waals surface area contributed by atoms with Gasteiger partial charge in [0.1, 0.15) is 0 Å². The third-order valence-corrected chi connectivity index (χ3v) is 3.01. The number of benzene rings is 1. The zero-order chi connectivity index (χ0) is 12.3. The van der Waals surface area contributed by atoms with Gasteiger partial charge in [0.15, 0.2) is 0 Å². The molecule has 1 heterocycles. The Kier molecular flexibility index (Phi) is 3.64. The zero-order valence-electron chi connectivity index (χ0n) is 10.1. The first kappa shape index (κ1) is 11.9. The molecular weight excluding hydrogens is 214 g/mol. The third-order valence-electron chi connectivity index (χ3n) is 3.01. The van der Waals surface area contributed by atoms with Gasteiger partial charge in [0.2, 0.25) is 0 Å². The number of piperidine rings is 1. The Hall–Kier alpha value is -1.55.